The van der Waals surface area contributed by atoms with Gasteiger partial charge in [-0.05, 0) is 31.4 Å². The second-order valence-electron chi connectivity index (χ2n) is 4.44. The molecule has 1 unspecified atom stereocenters. The van der Waals surface area contributed by atoms with Crippen molar-refractivity contribution in [3.05, 3.63) is 34.3 Å². The summed E-state index contributed by atoms with van der Waals surface area (Å²) in [7, 11) is 0. The highest BCUT2D eigenvalue weighted by molar-refractivity contribution is 9.10. The summed E-state index contributed by atoms with van der Waals surface area (Å²) in [6, 6.07) is 9.30. The van der Waals surface area contributed by atoms with Crippen LogP contribution in [0.4, 0.5) is 0 Å². The predicted octanol–water partition coefficient (Wildman–Crippen LogP) is 4.14. The first-order valence-corrected chi connectivity index (χ1v) is 6.32. The summed E-state index contributed by atoms with van der Waals surface area (Å²) in [4.78, 5) is 0. The van der Waals surface area contributed by atoms with Crippen LogP contribution in [0.1, 0.15) is 39.3 Å². The lowest BCUT2D eigenvalue weighted by Crippen LogP contribution is -2.33. The average Bonchev–Trinajstić information content (AvgIpc) is 2.18. The van der Waals surface area contributed by atoms with Crippen molar-refractivity contribution in [3.8, 4) is 0 Å². The van der Waals surface area contributed by atoms with Gasteiger partial charge in [0.15, 0.2) is 0 Å². The van der Waals surface area contributed by atoms with E-state index in [4.69, 9.17) is 0 Å². The lowest BCUT2D eigenvalue weighted by molar-refractivity contribution is 0.388. The third-order valence-electron chi connectivity index (χ3n) is 2.88. The number of hydrogen-bond donors (Lipinski definition) is 1. The first-order valence-electron chi connectivity index (χ1n) is 5.53. The lowest BCUT2D eigenvalue weighted by atomic mass is 10.0. The molecule has 15 heavy (non-hydrogen) atoms. The third-order valence-corrected chi connectivity index (χ3v) is 3.61. The molecule has 0 amide bonds. The summed E-state index contributed by atoms with van der Waals surface area (Å²) in [5.74, 6) is 0.662. The molecule has 84 valence electrons. The zero-order valence-electron chi connectivity index (χ0n) is 9.92. The highest BCUT2D eigenvalue weighted by Crippen LogP contribution is 2.23. The molecule has 0 saturated heterocycles. The monoisotopic (exact) mass is 269 g/mol. The molecule has 0 aliphatic rings. The maximum absolute atomic E-state index is 3.61. The van der Waals surface area contributed by atoms with Crippen molar-refractivity contribution >= 4 is 15.9 Å². The Bertz CT molecular complexity index is 309. The fraction of sp³-hybridized carbons (Fsp3) is 0.538. The summed E-state index contributed by atoms with van der Waals surface area (Å²) in [5, 5.41) is 3.61. The Morgan fingerprint density at radius 3 is 2.20 bits per heavy atom. The Morgan fingerprint density at radius 2 is 1.67 bits per heavy atom. The number of nitrogens with one attached hydrogen (secondary N) is 1. The van der Waals surface area contributed by atoms with E-state index in [1.807, 2.05) is 6.07 Å². The SMILES string of the molecule is CC(C)C(C)N[C@H](C)c1ccccc1Br. The molecule has 2 atom stereocenters. The minimum Gasteiger partial charge on any atom is -0.307 e. The van der Waals surface area contributed by atoms with Crippen molar-refractivity contribution in [2.24, 2.45) is 5.92 Å². The minimum atomic E-state index is 0.387. The van der Waals surface area contributed by atoms with E-state index in [0.717, 1.165) is 0 Å². The molecule has 0 heterocycles. The molecule has 1 aromatic rings. The molecule has 0 bridgehead atoms. The van der Waals surface area contributed by atoms with E-state index in [1.54, 1.807) is 0 Å². The topological polar surface area (TPSA) is 12.0 Å². The molecule has 0 spiro atoms. The van der Waals surface area contributed by atoms with Crippen molar-refractivity contribution in [1.82, 2.24) is 5.32 Å². The van der Waals surface area contributed by atoms with Crippen LogP contribution in [0.25, 0.3) is 0 Å². The molecule has 0 fully saturated rings. The highest BCUT2D eigenvalue weighted by Gasteiger charge is 2.13. The lowest BCUT2D eigenvalue weighted by Gasteiger charge is -2.23. The molecular weight excluding hydrogens is 250 g/mol. The standard InChI is InChI=1S/C13H20BrN/c1-9(2)10(3)15-11(4)12-7-5-6-8-13(12)14/h5-11,15H,1-4H3/t10?,11-/m1/s1. The van der Waals surface area contributed by atoms with Gasteiger partial charge < -0.3 is 5.32 Å². The van der Waals surface area contributed by atoms with Gasteiger partial charge in [0.05, 0.1) is 0 Å². The zero-order valence-corrected chi connectivity index (χ0v) is 11.5. The molecule has 2 heteroatoms. The van der Waals surface area contributed by atoms with Gasteiger partial charge in [0.2, 0.25) is 0 Å². The van der Waals surface area contributed by atoms with Gasteiger partial charge in [-0.15, -0.1) is 0 Å². The first-order chi connectivity index (χ1) is 7.02. The Labute approximate surface area is 101 Å². The van der Waals surface area contributed by atoms with Gasteiger partial charge in [0.25, 0.3) is 0 Å². The van der Waals surface area contributed by atoms with Gasteiger partial charge in [0, 0.05) is 16.6 Å². The fourth-order valence-corrected chi connectivity index (χ4v) is 2.13. The average molecular weight is 270 g/mol. The molecule has 1 aromatic carbocycles. The molecule has 0 aromatic heterocycles. The second-order valence-corrected chi connectivity index (χ2v) is 5.30. The van der Waals surface area contributed by atoms with Gasteiger partial charge in [0.1, 0.15) is 0 Å². The van der Waals surface area contributed by atoms with Gasteiger partial charge in [-0.3, -0.25) is 0 Å². The fourth-order valence-electron chi connectivity index (χ4n) is 1.50. The molecule has 0 radical (unpaired) electrons. The Balaban J connectivity index is 2.69. The van der Waals surface area contributed by atoms with Crippen LogP contribution < -0.4 is 5.32 Å². The van der Waals surface area contributed by atoms with Gasteiger partial charge in [-0.1, -0.05) is 48.0 Å². The molecular formula is C13H20BrN. The van der Waals surface area contributed by atoms with E-state index >= 15 is 0 Å². The van der Waals surface area contributed by atoms with E-state index in [-0.39, 0.29) is 0 Å². The van der Waals surface area contributed by atoms with Crippen molar-refractivity contribution in [2.45, 2.75) is 39.8 Å². The van der Waals surface area contributed by atoms with Crippen molar-refractivity contribution in [1.29, 1.82) is 0 Å². The third kappa shape index (κ3) is 3.62. The number of rotatable bonds is 4. The number of halogens is 1. The van der Waals surface area contributed by atoms with Crippen molar-refractivity contribution < 1.29 is 0 Å². The Kier molecular flexibility index (Phi) is 4.81. The van der Waals surface area contributed by atoms with Gasteiger partial charge >= 0.3 is 0 Å². The van der Waals surface area contributed by atoms with Crippen LogP contribution in [0.15, 0.2) is 28.7 Å². The van der Waals surface area contributed by atoms with E-state index < -0.39 is 0 Å². The Hall–Kier alpha value is -0.340. The summed E-state index contributed by atoms with van der Waals surface area (Å²) >= 11 is 3.58. The van der Waals surface area contributed by atoms with Crippen LogP contribution in [0.5, 0.6) is 0 Å². The van der Waals surface area contributed by atoms with Crippen LogP contribution in [-0.2, 0) is 0 Å². The van der Waals surface area contributed by atoms with Crippen LogP contribution in [0.3, 0.4) is 0 Å². The summed E-state index contributed by atoms with van der Waals surface area (Å²) in [6.45, 7) is 8.92. The smallest absolute Gasteiger partial charge is 0.0305 e. The molecule has 0 aliphatic carbocycles. The summed E-state index contributed by atoms with van der Waals surface area (Å²) < 4.78 is 1.18. The van der Waals surface area contributed by atoms with E-state index in [2.05, 4.69) is 67.1 Å². The number of benzene rings is 1. The quantitative estimate of drug-likeness (QED) is 0.866. The molecule has 0 saturated carbocycles. The summed E-state index contributed by atoms with van der Waals surface area (Å²) in [5.41, 5.74) is 1.32. The van der Waals surface area contributed by atoms with Gasteiger partial charge in [-0.2, -0.15) is 0 Å². The maximum atomic E-state index is 3.61. The van der Waals surface area contributed by atoms with Crippen LogP contribution in [-0.4, -0.2) is 6.04 Å². The zero-order chi connectivity index (χ0) is 11.4. The van der Waals surface area contributed by atoms with Gasteiger partial charge in [-0.25, -0.2) is 0 Å². The van der Waals surface area contributed by atoms with E-state index in [9.17, 15) is 0 Å². The molecule has 1 nitrogen and oxygen atoms in total. The van der Waals surface area contributed by atoms with E-state index in [0.29, 0.717) is 18.0 Å². The second kappa shape index (κ2) is 5.66. The van der Waals surface area contributed by atoms with Crippen molar-refractivity contribution in [2.75, 3.05) is 0 Å². The van der Waals surface area contributed by atoms with Crippen molar-refractivity contribution in [3.63, 3.8) is 0 Å². The predicted molar refractivity (Wildman–Crippen MR) is 70.0 cm³/mol. The van der Waals surface area contributed by atoms with Crippen LogP contribution in [0, 0.1) is 5.92 Å². The first kappa shape index (κ1) is 12.7. The van der Waals surface area contributed by atoms with E-state index in [1.165, 1.54) is 10.0 Å². The van der Waals surface area contributed by atoms with Crippen LogP contribution in [0.2, 0.25) is 0 Å². The summed E-state index contributed by atoms with van der Waals surface area (Å²) in [6.07, 6.45) is 0. The largest absolute Gasteiger partial charge is 0.307 e. The molecule has 0 aliphatic heterocycles. The normalized spacial score (nSPS) is 15.3. The number of hydrogen-bond acceptors (Lipinski definition) is 1. The molecule has 1 N–H and O–H groups in total. The van der Waals surface area contributed by atoms with Crippen LogP contribution >= 0.6 is 15.9 Å². The minimum absolute atomic E-state index is 0.387. The molecule has 1 rings (SSSR count). The highest BCUT2D eigenvalue weighted by atomic mass is 79.9. The maximum Gasteiger partial charge on any atom is 0.0305 e. The Morgan fingerprint density at radius 1 is 1.07 bits per heavy atom.